The fraction of sp³-hybridized carbons (Fsp3) is 0.455. The standard InChI is InChI=1S/C22H29N4O10P/c1-3-34-37(33,35-4-2)12-13-5-7-14(8-6-13)24-16(28)11-23-20(31)19-17(29)18(30)21(36-19)26-10-9-15(27)25-22(26)32/h5-10,17-19,21,29-30H,3-4,11-12H2,1-2H3,(H,23,31)(H,24,28)(H,25,27,32)/t17-,18+,19+,21?/m1/s1. The Bertz CT molecular complexity index is 1250. The van der Waals surface area contributed by atoms with E-state index in [-0.39, 0.29) is 19.4 Å². The summed E-state index contributed by atoms with van der Waals surface area (Å²) in [6, 6.07) is 7.50. The second kappa shape index (κ2) is 12.4. The van der Waals surface area contributed by atoms with Crippen molar-refractivity contribution >= 4 is 25.1 Å². The number of amides is 2. The normalized spacial score (nSPS) is 21.5. The number of aromatic amines is 1. The van der Waals surface area contributed by atoms with Crippen LogP contribution in [0.1, 0.15) is 25.6 Å². The highest BCUT2D eigenvalue weighted by Crippen LogP contribution is 2.51. The van der Waals surface area contributed by atoms with E-state index in [1.54, 1.807) is 38.1 Å². The zero-order chi connectivity index (χ0) is 27.2. The average molecular weight is 540 g/mol. The summed E-state index contributed by atoms with van der Waals surface area (Å²) in [7, 11) is -3.27. The van der Waals surface area contributed by atoms with Crippen molar-refractivity contribution in [1.29, 1.82) is 0 Å². The third kappa shape index (κ3) is 7.22. The van der Waals surface area contributed by atoms with E-state index >= 15 is 0 Å². The molecule has 3 rings (SSSR count). The number of aliphatic hydroxyl groups excluding tert-OH is 2. The molecule has 4 atom stereocenters. The molecule has 0 aliphatic carbocycles. The number of hydrogen-bond acceptors (Lipinski definition) is 10. The molecule has 37 heavy (non-hydrogen) atoms. The van der Waals surface area contributed by atoms with Crippen molar-refractivity contribution < 1.29 is 38.2 Å². The number of H-pyrrole nitrogens is 1. The van der Waals surface area contributed by atoms with Crippen LogP contribution >= 0.6 is 7.60 Å². The van der Waals surface area contributed by atoms with Gasteiger partial charge in [-0.1, -0.05) is 12.1 Å². The third-order valence-electron chi connectivity index (χ3n) is 5.31. The minimum Gasteiger partial charge on any atom is -0.387 e. The number of nitrogens with zero attached hydrogens (tertiary/aromatic N) is 1. The molecule has 0 saturated carbocycles. The van der Waals surface area contributed by atoms with Gasteiger partial charge < -0.3 is 34.6 Å². The van der Waals surface area contributed by atoms with E-state index in [1.807, 2.05) is 4.98 Å². The Morgan fingerprint density at radius 3 is 2.32 bits per heavy atom. The number of anilines is 1. The van der Waals surface area contributed by atoms with Crippen molar-refractivity contribution in [2.24, 2.45) is 0 Å². The first-order chi connectivity index (χ1) is 17.6. The van der Waals surface area contributed by atoms with E-state index in [9.17, 15) is 34.0 Å². The number of benzene rings is 1. The molecule has 2 aromatic rings. The lowest BCUT2D eigenvalue weighted by Crippen LogP contribution is -2.45. The molecule has 1 saturated heterocycles. The number of ether oxygens (including phenoxy) is 1. The van der Waals surface area contributed by atoms with E-state index in [4.69, 9.17) is 13.8 Å². The zero-order valence-corrected chi connectivity index (χ0v) is 21.1. The minimum atomic E-state index is -3.27. The Morgan fingerprint density at radius 2 is 1.73 bits per heavy atom. The lowest BCUT2D eigenvalue weighted by atomic mass is 10.1. The lowest BCUT2D eigenvalue weighted by Gasteiger charge is -2.17. The molecule has 0 radical (unpaired) electrons. The average Bonchev–Trinajstić information content (AvgIpc) is 3.13. The summed E-state index contributed by atoms with van der Waals surface area (Å²) in [5.41, 5.74) is -0.469. The second-order valence-corrected chi connectivity index (χ2v) is 10.1. The summed E-state index contributed by atoms with van der Waals surface area (Å²) < 4.78 is 29.4. The quantitative estimate of drug-likeness (QED) is 0.235. The van der Waals surface area contributed by atoms with Gasteiger partial charge in [0.15, 0.2) is 12.3 Å². The zero-order valence-electron chi connectivity index (χ0n) is 20.2. The number of aromatic nitrogens is 2. The molecule has 2 heterocycles. The van der Waals surface area contributed by atoms with Gasteiger partial charge in [-0.25, -0.2) is 4.79 Å². The number of carbonyl (C=O) groups is 2. The van der Waals surface area contributed by atoms with Gasteiger partial charge in [-0.15, -0.1) is 0 Å². The van der Waals surface area contributed by atoms with Gasteiger partial charge in [0, 0.05) is 18.0 Å². The molecule has 1 aromatic carbocycles. The van der Waals surface area contributed by atoms with Crippen molar-refractivity contribution in [1.82, 2.24) is 14.9 Å². The summed E-state index contributed by atoms with van der Waals surface area (Å²) in [5, 5.41) is 25.3. The van der Waals surface area contributed by atoms with E-state index < -0.39 is 61.7 Å². The minimum absolute atomic E-state index is 0.0701. The first kappa shape index (κ1) is 28.4. The molecule has 14 nitrogen and oxygen atoms in total. The summed E-state index contributed by atoms with van der Waals surface area (Å²) in [5.74, 6) is -1.48. The molecule has 0 spiro atoms. The number of carbonyl (C=O) groups excluding carboxylic acids is 2. The molecular weight excluding hydrogens is 511 g/mol. The molecule has 5 N–H and O–H groups in total. The van der Waals surface area contributed by atoms with Gasteiger partial charge in [0.1, 0.15) is 12.2 Å². The summed E-state index contributed by atoms with van der Waals surface area (Å²) in [6.45, 7) is 3.45. The van der Waals surface area contributed by atoms with E-state index in [0.717, 1.165) is 16.8 Å². The Balaban J connectivity index is 1.54. The van der Waals surface area contributed by atoms with Crippen LogP contribution in [0.3, 0.4) is 0 Å². The van der Waals surface area contributed by atoms with Crippen molar-refractivity contribution in [3.63, 3.8) is 0 Å². The molecule has 1 aliphatic heterocycles. The van der Waals surface area contributed by atoms with Crippen LogP contribution in [-0.4, -0.2) is 69.6 Å². The Labute approximate surface area is 211 Å². The Kier molecular flexibility index (Phi) is 9.54. The molecule has 1 fully saturated rings. The van der Waals surface area contributed by atoms with Crippen LogP contribution in [0, 0.1) is 0 Å². The van der Waals surface area contributed by atoms with Crippen LogP contribution in [0.5, 0.6) is 0 Å². The number of rotatable bonds is 11. The molecular formula is C22H29N4O10P. The Morgan fingerprint density at radius 1 is 1.08 bits per heavy atom. The van der Waals surface area contributed by atoms with Gasteiger partial charge in [-0.2, -0.15) is 0 Å². The van der Waals surface area contributed by atoms with E-state index in [0.29, 0.717) is 11.3 Å². The third-order valence-corrected chi connectivity index (χ3v) is 7.37. The topological polar surface area (TPSA) is 198 Å². The maximum atomic E-state index is 12.6. The molecule has 1 unspecified atom stereocenters. The predicted molar refractivity (Wildman–Crippen MR) is 130 cm³/mol. The largest absolute Gasteiger partial charge is 0.387 e. The molecule has 1 aromatic heterocycles. The summed E-state index contributed by atoms with van der Waals surface area (Å²) in [4.78, 5) is 49.9. The number of aliphatic hydroxyl groups is 2. The second-order valence-electron chi connectivity index (χ2n) is 8.01. The van der Waals surface area contributed by atoms with Crippen LogP contribution in [-0.2, 0) is 34.1 Å². The van der Waals surface area contributed by atoms with Crippen LogP contribution in [0.4, 0.5) is 5.69 Å². The number of hydrogen-bond donors (Lipinski definition) is 5. The van der Waals surface area contributed by atoms with Crippen molar-refractivity contribution in [3.05, 3.63) is 62.9 Å². The maximum absolute atomic E-state index is 12.6. The van der Waals surface area contributed by atoms with Crippen molar-refractivity contribution in [3.8, 4) is 0 Å². The smallest absolute Gasteiger partial charge is 0.335 e. The van der Waals surface area contributed by atoms with Crippen molar-refractivity contribution in [2.75, 3.05) is 25.1 Å². The molecule has 15 heteroatoms. The van der Waals surface area contributed by atoms with Gasteiger partial charge in [0.2, 0.25) is 5.91 Å². The molecule has 2 amide bonds. The first-order valence-corrected chi connectivity index (χ1v) is 13.2. The highest BCUT2D eigenvalue weighted by Gasteiger charge is 2.47. The first-order valence-electron chi connectivity index (χ1n) is 11.4. The highest BCUT2D eigenvalue weighted by molar-refractivity contribution is 7.53. The van der Waals surface area contributed by atoms with Crippen LogP contribution in [0.15, 0.2) is 46.1 Å². The number of nitrogens with one attached hydrogen (secondary N) is 3. The monoisotopic (exact) mass is 540 g/mol. The lowest BCUT2D eigenvalue weighted by molar-refractivity contribution is -0.138. The van der Waals surface area contributed by atoms with Gasteiger partial charge >= 0.3 is 13.3 Å². The van der Waals surface area contributed by atoms with Crippen LogP contribution < -0.4 is 21.9 Å². The summed E-state index contributed by atoms with van der Waals surface area (Å²) in [6.07, 6.45) is -5.20. The van der Waals surface area contributed by atoms with Gasteiger partial charge in [-0.05, 0) is 31.5 Å². The van der Waals surface area contributed by atoms with Gasteiger partial charge in [-0.3, -0.25) is 28.5 Å². The van der Waals surface area contributed by atoms with Crippen LogP contribution in [0.25, 0.3) is 0 Å². The highest BCUT2D eigenvalue weighted by atomic mass is 31.2. The molecule has 0 bridgehead atoms. The van der Waals surface area contributed by atoms with Gasteiger partial charge in [0.25, 0.3) is 11.5 Å². The fourth-order valence-corrected chi connectivity index (χ4v) is 5.35. The molecule has 202 valence electrons. The van der Waals surface area contributed by atoms with Crippen molar-refractivity contribution in [2.45, 2.75) is 44.5 Å². The van der Waals surface area contributed by atoms with E-state index in [2.05, 4.69) is 10.6 Å². The van der Waals surface area contributed by atoms with Crippen LogP contribution in [0.2, 0.25) is 0 Å². The SMILES string of the molecule is CCOP(=O)(Cc1ccc(NC(=O)CNC(=O)[C@H]2OC(n3ccc(=O)[nH]c3=O)[C@@H](O)[C@H]2O)cc1)OCC. The predicted octanol–water partition coefficient (Wildman–Crippen LogP) is -0.323. The summed E-state index contributed by atoms with van der Waals surface area (Å²) >= 11 is 0. The van der Waals surface area contributed by atoms with Gasteiger partial charge in [0.05, 0.1) is 25.9 Å². The maximum Gasteiger partial charge on any atom is 0.335 e. The fourth-order valence-electron chi connectivity index (χ4n) is 3.65. The molecule has 1 aliphatic rings. The van der Waals surface area contributed by atoms with E-state index in [1.165, 1.54) is 0 Å². The Hall–Kier alpha value is -3.13.